The third kappa shape index (κ3) is 4.84. The first-order valence-electron chi connectivity index (χ1n) is 8.91. The molecule has 28 heavy (non-hydrogen) atoms. The van der Waals surface area contributed by atoms with Crippen molar-refractivity contribution in [2.24, 2.45) is 11.1 Å². The van der Waals surface area contributed by atoms with Crippen LogP contribution in [0.15, 0.2) is 53.4 Å². The van der Waals surface area contributed by atoms with Gasteiger partial charge >= 0.3 is 0 Å². The number of amides is 1. The zero-order chi connectivity index (χ0) is 19.7. The summed E-state index contributed by atoms with van der Waals surface area (Å²) in [5.41, 5.74) is 7.78. The molecule has 6 nitrogen and oxygen atoms in total. The van der Waals surface area contributed by atoms with E-state index in [0.29, 0.717) is 30.9 Å². The maximum Gasteiger partial charge on any atom is 0.261 e. The summed E-state index contributed by atoms with van der Waals surface area (Å²) in [5, 5.41) is 0. The van der Waals surface area contributed by atoms with E-state index in [1.165, 1.54) is 12.1 Å². The molecule has 1 fully saturated rings. The van der Waals surface area contributed by atoms with Crippen LogP contribution in [0.3, 0.4) is 0 Å². The molecule has 1 aliphatic rings. The predicted octanol–water partition coefficient (Wildman–Crippen LogP) is 3.03. The molecular weight excluding hydrogens is 398 g/mol. The number of hydrogen-bond acceptors (Lipinski definition) is 4. The third-order valence-corrected chi connectivity index (χ3v) is 6.45. The van der Waals surface area contributed by atoms with Gasteiger partial charge in [0.2, 0.25) is 0 Å². The Hall–Kier alpha value is -2.09. The van der Waals surface area contributed by atoms with Crippen LogP contribution >= 0.6 is 12.4 Å². The Kier molecular flexibility index (Phi) is 6.75. The molecule has 152 valence electrons. The molecule has 1 heterocycles. The Morgan fingerprint density at radius 2 is 1.75 bits per heavy atom. The predicted molar refractivity (Wildman–Crippen MR) is 113 cm³/mol. The van der Waals surface area contributed by atoms with Gasteiger partial charge in [-0.1, -0.05) is 24.6 Å². The Bertz CT molecular complexity index is 930. The Morgan fingerprint density at radius 3 is 2.29 bits per heavy atom. The van der Waals surface area contributed by atoms with Crippen molar-refractivity contribution in [3.05, 3.63) is 59.7 Å². The van der Waals surface area contributed by atoms with Crippen LogP contribution in [0, 0.1) is 12.3 Å². The molecule has 8 heteroatoms. The first-order valence-corrected chi connectivity index (χ1v) is 10.4. The van der Waals surface area contributed by atoms with Crippen LogP contribution in [0.2, 0.25) is 0 Å². The first-order chi connectivity index (χ1) is 12.7. The minimum Gasteiger partial charge on any atom is -0.338 e. The zero-order valence-corrected chi connectivity index (χ0v) is 17.6. The maximum atomic E-state index is 12.7. The number of carbonyl (C=O) groups excluding carboxylic acids is 1. The van der Waals surface area contributed by atoms with Gasteiger partial charge in [0, 0.05) is 24.3 Å². The van der Waals surface area contributed by atoms with Gasteiger partial charge in [0.1, 0.15) is 0 Å². The van der Waals surface area contributed by atoms with Crippen LogP contribution in [-0.4, -0.2) is 38.9 Å². The van der Waals surface area contributed by atoms with Crippen molar-refractivity contribution >= 4 is 34.0 Å². The number of hydrogen-bond donors (Lipinski definition) is 2. The van der Waals surface area contributed by atoms with Crippen LogP contribution in [0.5, 0.6) is 0 Å². The average molecular weight is 424 g/mol. The molecule has 1 atom stereocenters. The molecule has 3 N–H and O–H groups in total. The summed E-state index contributed by atoms with van der Waals surface area (Å²) in [6.45, 7) is 5.84. The summed E-state index contributed by atoms with van der Waals surface area (Å²) in [6.07, 6.45) is 0.877. The Balaban J connectivity index is 0.00000280. The van der Waals surface area contributed by atoms with Crippen molar-refractivity contribution in [2.75, 3.05) is 24.4 Å². The highest BCUT2D eigenvalue weighted by Gasteiger charge is 2.35. The van der Waals surface area contributed by atoms with E-state index in [-0.39, 0.29) is 28.6 Å². The lowest BCUT2D eigenvalue weighted by Gasteiger charge is -2.22. The summed E-state index contributed by atoms with van der Waals surface area (Å²) in [5.74, 6) is -0.0948. The van der Waals surface area contributed by atoms with E-state index in [1.807, 2.05) is 19.1 Å². The van der Waals surface area contributed by atoms with Crippen molar-refractivity contribution in [1.82, 2.24) is 4.90 Å². The Morgan fingerprint density at radius 1 is 1.14 bits per heavy atom. The number of nitrogens with two attached hydrogens (primary N) is 1. The second-order valence-corrected chi connectivity index (χ2v) is 9.17. The van der Waals surface area contributed by atoms with Crippen molar-refractivity contribution in [1.29, 1.82) is 0 Å². The summed E-state index contributed by atoms with van der Waals surface area (Å²) in [6, 6.07) is 13.1. The van der Waals surface area contributed by atoms with Gasteiger partial charge in [-0.3, -0.25) is 9.52 Å². The number of rotatable bonds is 5. The van der Waals surface area contributed by atoms with Gasteiger partial charge < -0.3 is 10.6 Å². The third-order valence-electron chi connectivity index (χ3n) is 5.05. The smallest absolute Gasteiger partial charge is 0.261 e. The van der Waals surface area contributed by atoms with Crippen molar-refractivity contribution in [2.45, 2.75) is 25.2 Å². The fourth-order valence-corrected chi connectivity index (χ4v) is 4.22. The number of likely N-dealkylation sites (tertiary alicyclic amines) is 1. The highest BCUT2D eigenvalue weighted by atomic mass is 35.5. The molecule has 1 aliphatic heterocycles. The van der Waals surface area contributed by atoms with Crippen LogP contribution in [0.4, 0.5) is 5.69 Å². The summed E-state index contributed by atoms with van der Waals surface area (Å²) in [4.78, 5) is 14.6. The second kappa shape index (κ2) is 8.51. The quantitative estimate of drug-likeness (QED) is 0.773. The molecule has 1 unspecified atom stereocenters. The van der Waals surface area contributed by atoms with Gasteiger partial charge in [-0.05, 0) is 61.7 Å². The molecule has 2 aromatic carbocycles. The van der Waals surface area contributed by atoms with Crippen molar-refractivity contribution in [3.8, 4) is 0 Å². The molecule has 1 saturated heterocycles. The first kappa shape index (κ1) is 22.2. The van der Waals surface area contributed by atoms with Gasteiger partial charge in [0.25, 0.3) is 15.9 Å². The number of nitrogens with zero attached hydrogens (tertiary/aromatic N) is 1. The summed E-state index contributed by atoms with van der Waals surface area (Å²) >= 11 is 0. The monoisotopic (exact) mass is 423 g/mol. The average Bonchev–Trinajstić information content (AvgIpc) is 3.06. The standard InChI is InChI=1S/C20H25N3O3S.ClH/c1-15-3-7-17(8-4-15)22-27(25,26)18-9-5-16(6-10-18)19(24)23-12-11-20(2,13-21)14-23;/h3-10,22H,11-14,21H2,1-2H3;1H. The van der Waals surface area contributed by atoms with Gasteiger partial charge in [-0.15, -0.1) is 12.4 Å². The number of halogens is 1. The highest BCUT2D eigenvalue weighted by molar-refractivity contribution is 7.92. The van der Waals surface area contributed by atoms with E-state index in [4.69, 9.17) is 5.73 Å². The number of aryl methyl sites for hydroxylation is 1. The van der Waals surface area contributed by atoms with Crippen LogP contribution in [-0.2, 0) is 10.0 Å². The topological polar surface area (TPSA) is 92.5 Å². The molecule has 0 radical (unpaired) electrons. The molecule has 0 aliphatic carbocycles. The zero-order valence-electron chi connectivity index (χ0n) is 16.0. The Labute approximate surface area is 172 Å². The van der Waals surface area contributed by atoms with Gasteiger partial charge in [-0.2, -0.15) is 0 Å². The number of sulfonamides is 1. The van der Waals surface area contributed by atoms with E-state index >= 15 is 0 Å². The van der Waals surface area contributed by atoms with E-state index in [0.717, 1.165) is 12.0 Å². The largest absolute Gasteiger partial charge is 0.338 e. The normalized spacial score (nSPS) is 19.2. The fourth-order valence-electron chi connectivity index (χ4n) is 3.16. The van der Waals surface area contributed by atoms with Crippen LogP contribution in [0.25, 0.3) is 0 Å². The highest BCUT2D eigenvalue weighted by Crippen LogP contribution is 2.29. The summed E-state index contributed by atoms with van der Waals surface area (Å²) < 4.78 is 27.6. The van der Waals surface area contributed by atoms with Crippen molar-refractivity contribution < 1.29 is 13.2 Å². The minimum absolute atomic E-state index is 0. The lowest BCUT2D eigenvalue weighted by molar-refractivity contribution is 0.0777. The van der Waals surface area contributed by atoms with E-state index < -0.39 is 10.0 Å². The molecule has 0 spiro atoms. The number of anilines is 1. The van der Waals surface area contributed by atoms with Gasteiger partial charge in [0.05, 0.1) is 4.90 Å². The second-order valence-electron chi connectivity index (χ2n) is 7.49. The number of carbonyl (C=O) groups is 1. The maximum absolute atomic E-state index is 12.7. The molecule has 0 saturated carbocycles. The van der Waals surface area contributed by atoms with Gasteiger partial charge in [-0.25, -0.2) is 8.42 Å². The molecule has 0 aromatic heterocycles. The summed E-state index contributed by atoms with van der Waals surface area (Å²) in [7, 11) is -3.70. The lowest BCUT2D eigenvalue weighted by atomic mass is 9.90. The van der Waals surface area contributed by atoms with Crippen LogP contribution < -0.4 is 10.5 Å². The van der Waals surface area contributed by atoms with E-state index in [9.17, 15) is 13.2 Å². The molecule has 0 bridgehead atoms. The molecule has 3 rings (SSSR count). The van der Waals surface area contributed by atoms with Crippen molar-refractivity contribution in [3.63, 3.8) is 0 Å². The molecule has 2 aromatic rings. The van der Waals surface area contributed by atoms with E-state index in [1.54, 1.807) is 29.2 Å². The fraction of sp³-hybridized carbons (Fsp3) is 0.350. The van der Waals surface area contributed by atoms with E-state index in [2.05, 4.69) is 11.6 Å². The van der Waals surface area contributed by atoms with Crippen LogP contribution in [0.1, 0.15) is 29.3 Å². The van der Waals surface area contributed by atoms with Gasteiger partial charge in [0.15, 0.2) is 0 Å². The molecule has 1 amide bonds. The minimum atomic E-state index is -3.70. The number of nitrogens with one attached hydrogen (secondary N) is 1. The SMILES string of the molecule is Cc1ccc(NS(=O)(=O)c2ccc(C(=O)N3CCC(C)(CN)C3)cc2)cc1.Cl. The number of benzene rings is 2. The lowest BCUT2D eigenvalue weighted by Crippen LogP contribution is -2.34. The molecular formula is C20H26ClN3O3S.